The van der Waals surface area contributed by atoms with Crippen LogP contribution in [0.1, 0.15) is 22.8 Å². The first kappa shape index (κ1) is 14.6. The Hall–Kier alpha value is -3.03. The average molecular weight is 326 g/mol. The zero-order chi connectivity index (χ0) is 16.7. The molecule has 1 atom stereocenters. The molecule has 1 unspecified atom stereocenters. The number of halogens is 1. The molecule has 2 aromatic heterocycles. The summed E-state index contributed by atoms with van der Waals surface area (Å²) in [5, 5.41) is 4.91. The first-order valence-electron chi connectivity index (χ1n) is 7.61. The van der Waals surface area contributed by atoms with Crippen LogP contribution in [0.25, 0.3) is 10.9 Å². The van der Waals surface area contributed by atoms with Gasteiger partial charge in [-0.15, -0.1) is 0 Å². The lowest BCUT2D eigenvalue weighted by Crippen LogP contribution is -2.22. The van der Waals surface area contributed by atoms with Crippen molar-refractivity contribution in [3.63, 3.8) is 0 Å². The second-order valence-corrected chi connectivity index (χ2v) is 5.82. The van der Waals surface area contributed by atoms with Crippen LogP contribution in [0.15, 0.2) is 36.9 Å². The molecule has 1 aromatic carbocycles. The molecule has 1 amide bonds. The molecule has 0 radical (unpaired) electrons. The summed E-state index contributed by atoms with van der Waals surface area (Å²) in [5.74, 6) is -0.0925. The highest BCUT2D eigenvalue weighted by molar-refractivity contribution is 5.92. The second-order valence-electron chi connectivity index (χ2n) is 5.82. The molecular weight excluding hydrogens is 311 g/mol. The van der Waals surface area contributed by atoms with Crippen LogP contribution in [0.4, 0.5) is 10.2 Å². The van der Waals surface area contributed by atoms with Crippen molar-refractivity contribution in [2.75, 3.05) is 18.0 Å². The Balaban J connectivity index is 1.63. The summed E-state index contributed by atoms with van der Waals surface area (Å²) in [7, 11) is 0. The first-order chi connectivity index (χ1) is 11.6. The SMILES string of the molecule is NC(=O)c1cnn(C2CCN(c3ncnc4ccc(F)cc34)C2)c1. The molecule has 1 saturated heterocycles. The molecule has 1 fully saturated rings. The minimum absolute atomic E-state index is 0.108. The molecule has 0 bridgehead atoms. The Morgan fingerprint density at radius 2 is 2.21 bits per heavy atom. The van der Waals surface area contributed by atoms with E-state index in [1.54, 1.807) is 16.9 Å². The van der Waals surface area contributed by atoms with Crippen molar-refractivity contribution in [2.24, 2.45) is 5.73 Å². The number of carbonyl (C=O) groups is 1. The quantitative estimate of drug-likeness (QED) is 0.788. The van der Waals surface area contributed by atoms with Gasteiger partial charge in [0.2, 0.25) is 0 Å². The van der Waals surface area contributed by atoms with Crippen LogP contribution in [0.3, 0.4) is 0 Å². The van der Waals surface area contributed by atoms with E-state index in [0.717, 1.165) is 13.0 Å². The number of hydrogen-bond acceptors (Lipinski definition) is 5. The minimum Gasteiger partial charge on any atom is -0.366 e. The number of rotatable bonds is 3. The molecule has 3 heterocycles. The van der Waals surface area contributed by atoms with Crippen molar-refractivity contribution in [3.8, 4) is 0 Å². The third kappa shape index (κ3) is 2.45. The Morgan fingerprint density at radius 1 is 1.33 bits per heavy atom. The van der Waals surface area contributed by atoms with Gasteiger partial charge in [-0.2, -0.15) is 5.10 Å². The molecular formula is C16H15FN6O. The highest BCUT2D eigenvalue weighted by Crippen LogP contribution is 2.30. The van der Waals surface area contributed by atoms with Crippen LogP contribution in [0.2, 0.25) is 0 Å². The minimum atomic E-state index is -0.492. The van der Waals surface area contributed by atoms with Crippen molar-refractivity contribution in [1.82, 2.24) is 19.7 Å². The van der Waals surface area contributed by atoms with Gasteiger partial charge in [-0.1, -0.05) is 0 Å². The maximum atomic E-state index is 13.6. The van der Waals surface area contributed by atoms with E-state index in [1.807, 2.05) is 0 Å². The summed E-state index contributed by atoms with van der Waals surface area (Å²) in [6, 6.07) is 4.60. The topological polar surface area (TPSA) is 89.9 Å². The number of nitrogens with zero attached hydrogens (tertiary/aromatic N) is 5. The zero-order valence-corrected chi connectivity index (χ0v) is 12.8. The van der Waals surface area contributed by atoms with Crippen LogP contribution in [0, 0.1) is 5.82 Å². The largest absolute Gasteiger partial charge is 0.366 e. The Labute approximate surface area is 136 Å². The van der Waals surface area contributed by atoms with Gasteiger partial charge in [0.15, 0.2) is 0 Å². The van der Waals surface area contributed by atoms with Crippen molar-refractivity contribution in [3.05, 3.63) is 48.3 Å². The Morgan fingerprint density at radius 3 is 3.00 bits per heavy atom. The Kier molecular flexibility index (Phi) is 3.37. The number of hydrogen-bond donors (Lipinski definition) is 1. The van der Waals surface area contributed by atoms with E-state index in [1.165, 1.54) is 24.7 Å². The number of carbonyl (C=O) groups excluding carboxylic acids is 1. The molecule has 0 spiro atoms. The maximum absolute atomic E-state index is 13.6. The molecule has 1 aliphatic heterocycles. The molecule has 3 aromatic rings. The molecule has 0 saturated carbocycles. The number of anilines is 1. The van der Waals surface area contributed by atoms with Gasteiger partial charge >= 0.3 is 0 Å². The van der Waals surface area contributed by atoms with E-state index in [-0.39, 0.29) is 11.9 Å². The van der Waals surface area contributed by atoms with Gasteiger partial charge in [0, 0.05) is 24.7 Å². The fourth-order valence-electron chi connectivity index (χ4n) is 3.08. The Bertz CT molecular complexity index is 924. The lowest BCUT2D eigenvalue weighted by molar-refractivity contribution is 0.1000. The molecule has 0 aliphatic carbocycles. The predicted octanol–water partition coefficient (Wildman–Crippen LogP) is 1.52. The number of primary amides is 1. The summed E-state index contributed by atoms with van der Waals surface area (Å²) in [5.41, 5.74) is 6.37. The van der Waals surface area contributed by atoms with Gasteiger partial charge in [0.05, 0.1) is 23.3 Å². The monoisotopic (exact) mass is 326 g/mol. The fraction of sp³-hybridized carbons (Fsp3) is 0.250. The molecule has 7 nitrogen and oxygen atoms in total. The number of benzene rings is 1. The van der Waals surface area contributed by atoms with Crippen LogP contribution in [-0.2, 0) is 0 Å². The van der Waals surface area contributed by atoms with Gasteiger partial charge < -0.3 is 10.6 Å². The van der Waals surface area contributed by atoms with Gasteiger partial charge in [-0.3, -0.25) is 9.48 Å². The smallest absolute Gasteiger partial charge is 0.251 e. The van der Waals surface area contributed by atoms with Crippen molar-refractivity contribution >= 4 is 22.6 Å². The molecule has 122 valence electrons. The number of fused-ring (bicyclic) bond motifs is 1. The lowest BCUT2D eigenvalue weighted by atomic mass is 10.2. The average Bonchev–Trinajstić information content (AvgIpc) is 3.23. The highest BCUT2D eigenvalue weighted by atomic mass is 19.1. The zero-order valence-electron chi connectivity index (χ0n) is 12.8. The lowest BCUT2D eigenvalue weighted by Gasteiger charge is -2.19. The van der Waals surface area contributed by atoms with E-state index >= 15 is 0 Å². The van der Waals surface area contributed by atoms with Crippen LogP contribution < -0.4 is 10.6 Å². The van der Waals surface area contributed by atoms with Crippen molar-refractivity contribution < 1.29 is 9.18 Å². The van der Waals surface area contributed by atoms with Crippen LogP contribution in [0.5, 0.6) is 0 Å². The van der Waals surface area contributed by atoms with E-state index in [9.17, 15) is 9.18 Å². The number of nitrogens with two attached hydrogens (primary N) is 1. The molecule has 24 heavy (non-hydrogen) atoms. The van der Waals surface area contributed by atoms with Crippen molar-refractivity contribution in [1.29, 1.82) is 0 Å². The van der Waals surface area contributed by atoms with Crippen LogP contribution in [-0.4, -0.2) is 38.7 Å². The van der Waals surface area contributed by atoms with Crippen LogP contribution >= 0.6 is 0 Å². The second kappa shape index (κ2) is 5.55. The van der Waals surface area contributed by atoms with Gasteiger partial charge in [-0.25, -0.2) is 14.4 Å². The third-order valence-corrected chi connectivity index (χ3v) is 4.30. The fourth-order valence-corrected chi connectivity index (χ4v) is 3.08. The van der Waals surface area contributed by atoms with E-state index < -0.39 is 5.91 Å². The van der Waals surface area contributed by atoms with E-state index in [2.05, 4.69) is 20.0 Å². The standard InChI is InChI=1S/C16H15FN6O/c17-11-1-2-14-13(5-11)16(20-9-19-14)22-4-3-12(8-22)23-7-10(6-21-23)15(18)24/h1-2,5-7,9,12H,3-4,8H2,(H2,18,24). The van der Waals surface area contributed by atoms with Gasteiger partial charge in [-0.05, 0) is 24.6 Å². The number of amides is 1. The summed E-state index contributed by atoms with van der Waals surface area (Å²) in [6.45, 7) is 1.43. The summed E-state index contributed by atoms with van der Waals surface area (Å²) < 4.78 is 15.3. The van der Waals surface area contributed by atoms with Gasteiger partial charge in [0.25, 0.3) is 5.91 Å². The normalized spacial score (nSPS) is 17.5. The molecule has 8 heteroatoms. The first-order valence-corrected chi connectivity index (χ1v) is 7.61. The summed E-state index contributed by atoms with van der Waals surface area (Å²) in [4.78, 5) is 21.8. The predicted molar refractivity (Wildman–Crippen MR) is 86.1 cm³/mol. The van der Waals surface area contributed by atoms with E-state index in [4.69, 9.17) is 5.73 Å². The van der Waals surface area contributed by atoms with E-state index in [0.29, 0.717) is 28.8 Å². The highest BCUT2D eigenvalue weighted by Gasteiger charge is 2.27. The molecule has 4 rings (SSSR count). The van der Waals surface area contributed by atoms with Crippen molar-refractivity contribution in [2.45, 2.75) is 12.5 Å². The summed E-state index contributed by atoms with van der Waals surface area (Å²) >= 11 is 0. The molecule has 1 aliphatic rings. The summed E-state index contributed by atoms with van der Waals surface area (Å²) in [6.07, 6.45) is 5.47. The maximum Gasteiger partial charge on any atom is 0.251 e. The number of aromatic nitrogens is 4. The van der Waals surface area contributed by atoms with Gasteiger partial charge in [0.1, 0.15) is 18.0 Å². The molecule has 2 N–H and O–H groups in total. The third-order valence-electron chi connectivity index (χ3n) is 4.30.